The van der Waals surface area contributed by atoms with Crippen LogP contribution in [0.1, 0.15) is 23.1 Å². The van der Waals surface area contributed by atoms with E-state index in [2.05, 4.69) is 42.5 Å². The van der Waals surface area contributed by atoms with E-state index in [9.17, 15) is 5.11 Å². The van der Waals surface area contributed by atoms with Gasteiger partial charge in [-0.25, -0.2) is 0 Å². The fourth-order valence-electron chi connectivity index (χ4n) is 3.37. The maximum absolute atomic E-state index is 10.9. The van der Waals surface area contributed by atoms with Crippen LogP contribution in [-0.2, 0) is 12.0 Å². The van der Waals surface area contributed by atoms with Crippen molar-refractivity contribution in [2.24, 2.45) is 0 Å². The molecule has 2 aliphatic carbocycles. The van der Waals surface area contributed by atoms with E-state index < -0.39 is 5.60 Å². The van der Waals surface area contributed by atoms with Crippen LogP contribution >= 0.6 is 0 Å². The molecule has 2 aliphatic rings. The minimum Gasteiger partial charge on any atom is -0.381 e. The molecule has 1 heteroatoms. The summed E-state index contributed by atoms with van der Waals surface area (Å²) in [5.74, 6) is 0. The molecular formula is C19H16O. The van der Waals surface area contributed by atoms with Crippen LogP contribution in [0.2, 0.25) is 0 Å². The summed E-state index contributed by atoms with van der Waals surface area (Å²) in [6.07, 6.45) is 9.43. The smallest absolute Gasteiger partial charge is 0.112 e. The highest BCUT2D eigenvalue weighted by molar-refractivity contribution is 5.78. The third kappa shape index (κ3) is 1.60. The van der Waals surface area contributed by atoms with Crippen LogP contribution in [0.15, 0.2) is 66.8 Å². The van der Waals surface area contributed by atoms with Crippen molar-refractivity contribution in [3.63, 3.8) is 0 Å². The number of rotatable bonds is 1. The number of hydrogen-bond acceptors (Lipinski definition) is 1. The number of fused-ring (bicyclic) bond motifs is 3. The molecule has 98 valence electrons. The highest BCUT2D eigenvalue weighted by Crippen LogP contribution is 2.42. The van der Waals surface area contributed by atoms with Crippen LogP contribution in [0.4, 0.5) is 0 Å². The summed E-state index contributed by atoms with van der Waals surface area (Å²) in [5.41, 5.74) is 5.40. The van der Waals surface area contributed by atoms with Crippen LogP contribution in [0.5, 0.6) is 0 Å². The Labute approximate surface area is 118 Å². The first-order valence-corrected chi connectivity index (χ1v) is 7.05. The van der Waals surface area contributed by atoms with E-state index in [1.165, 1.54) is 22.3 Å². The highest BCUT2D eigenvalue weighted by atomic mass is 16.3. The molecule has 0 bridgehead atoms. The van der Waals surface area contributed by atoms with Gasteiger partial charge in [0.05, 0.1) is 0 Å². The Morgan fingerprint density at radius 1 is 0.900 bits per heavy atom. The van der Waals surface area contributed by atoms with E-state index in [1.54, 1.807) is 0 Å². The maximum atomic E-state index is 10.9. The fourth-order valence-corrected chi connectivity index (χ4v) is 3.37. The molecule has 0 fully saturated rings. The van der Waals surface area contributed by atoms with E-state index in [1.807, 2.05) is 24.3 Å². The van der Waals surface area contributed by atoms with Gasteiger partial charge < -0.3 is 5.11 Å². The van der Waals surface area contributed by atoms with Gasteiger partial charge in [0.15, 0.2) is 0 Å². The zero-order valence-corrected chi connectivity index (χ0v) is 11.2. The maximum Gasteiger partial charge on any atom is 0.112 e. The van der Waals surface area contributed by atoms with Gasteiger partial charge in [0, 0.05) is 6.42 Å². The second-order valence-electron chi connectivity index (χ2n) is 5.58. The molecule has 0 saturated heterocycles. The summed E-state index contributed by atoms with van der Waals surface area (Å²) < 4.78 is 0. The number of allylic oxidation sites excluding steroid dienone is 2. The Kier molecular flexibility index (Phi) is 2.45. The van der Waals surface area contributed by atoms with E-state index in [0.717, 1.165) is 12.0 Å². The molecule has 2 aromatic rings. The zero-order chi connectivity index (χ0) is 13.6. The van der Waals surface area contributed by atoms with Gasteiger partial charge in [0.25, 0.3) is 0 Å². The molecule has 1 unspecified atom stereocenters. The van der Waals surface area contributed by atoms with Crippen molar-refractivity contribution >= 4 is 0 Å². The lowest BCUT2D eigenvalue weighted by molar-refractivity contribution is 0.0909. The SMILES string of the molecule is OC1(c2cccc3c2Cc2ccccc2-3)C=CC=CC1. The lowest BCUT2D eigenvalue weighted by atomic mass is 9.83. The van der Waals surface area contributed by atoms with Crippen molar-refractivity contribution in [1.82, 2.24) is 0 Å². The zero-order valence-electron chi connectivity index (χ0n) is 11.2. The predicted molar refractivity (Wildman–Crippen MR) is 81.5 cm³/mol. The Bertz CT molecular complexity index is 739. The van der Waals surface area contributed by atoms with Crippen molar-refractivity contribution in [2.75, 3.05) is 0 Å². The molecule has 0 aromatic heterocycles. The predicted octanol–water partition coefficient (Wildman–Crippen LogP) is 3.96. The monoisotopic (exact) mass is 260 g/mol. The summed E-state index contributed by atoms with van der Waals surface area (Å²) in [5, 5.41) is 10.9. The topological polar surface area (TPSA) is 20.2 Å². The fraction of sp³-hybridized carbons (Fsp3) is 0.158. The number of aliphatic hydroxyl groups is 1. The quantitative estimate of drug-likeness (QED) is 0.702. The first-order valence-electron chi connectivity index (χ1n) is 7.05. The van der Waals surface area contributed by atoms with E-state index in [-0.39, 0.29) is 0 Å². The van der Waals surface area contributed by atoms with Crippen LogP contribution in [0, 0.1) is 0 Å². The van der Waals surface area contributed by atoms with E-state index >= 15 is 0 Å². The lowest BCUT2D eigenvalue weighted by Gasteiger charge is -2.28. The van der Waals surface area contributed by atoms with Crippen molar-refractivity contribution in [2.45, 2.75) is 18.4 Å². The normalized spacial score (nSPS) is 22.6. The van der Waals surface area contributed by atoms with Gasteiger partial charge >= 0.3 is 0 Å². The third-order valence-corrected chi connectivity index (χ3v) is 4.37. The van der Waals surface area contributed by atoms with Crippen LogP contribution in [0.25, 0.3) is 11.1 Å². The molecule has 1 atom stereocenters. The van der Waals surface area contributed by atoms with Crippen LogP contribution < -0.4 is 0 Å². The van der Waals surface area contributed by atoms with Crippen molar-refractivity contribution in [1.29, 1.82) is 0 Å². The standard InChI is InChI=1S/C19H16O/c20-19(11-4-1-5-12-19)18-10-6-9-16-15-8-3-2-7-14(15)13-17(16)18/h1-11,20H,12-13H2. The first kappa shape index (κ1) is 11.7. The third-order valence-electron chi connectivity index (χ3n) is 4.37. The molecule has 0 aliphatic heterocycles. The number of benzene rings is 2. The molecule has 1 N–H and O–H groups in total. The Morgan fingerprint density at radius 2 is 1.75 bits per heavy atom. The van der Waals surface area contributed by atoms with Gasteiger partial charge in [-0.15, -0.1) is 0 Å². The summed E-state index contributed by atoms with van der Waals surface area (Å²) in [6.45, 7) is 0. The second kappa shape index (κ2) is 4.19. The van der Waals surface area contributed by atoms with Gasteiger partial charge in [-0.1, -0.05) is 60.7 Å². The van der Waals surface area contributed by atoms with Gasteiger partial charge in [-0.05, 0) is 40.3 Å². The molecule has 0 heterocycles. The molecule has 4 rings (SSSR count). The summed E-state index contributed by atoms with van der Waals surface area (Å²) >= 11 is 0. The van der Waals surface area contributed by atoms with Crippen molar-refractivity contribution < 1.29 is 5.11 Å². The Balaban J connectivity index is 1.90. The minimum atomic E-state index is -0.859. The molecule has 1 nitrogen and oxygen atoms in total. The molecule has 0 spiro atoms. The van der Waals surface area contributed by atoms with E-state index in [4.69, 9.17) is 0 Å². The summed E-state index contributed by atoms with van der Waals surface area (Å²) in [4.78, 5) is 0. The van der Waals surface area contributed by atoms with Crippen LogP contribution in [0.3, 0.4) is 0 Å². The minimum absolute atomic E-state index is 0.649. The van der Waals surface area contributed by atoms with Crippen molar-refractivity contribution in [3.05, 3.63) is 83.5 Å². The van der Waals surface area contributed by atoms with Gasteiger partial charge in [0.2, 0.25) is 0 Å². The van der Waals surface area contributed by atoms with Gasteiger partial charge in [-0.2, -0.15) is 0 Å². The molecular weight excluding hydrogens is 244 g/mol. The van der Waals surface area contributed by atoms with Crippen LogP contribution in [-0.4, -0.2) is 5.11 Å². The molecule has 2 aromatic carbocycles. The average molecular weight is 260 g/mol. The molecule has 0 saturated carbocycles. The van der Waals surface area contributed by atoms with E-state index in [0.29, 0.717) is 6.42 Å². The Morgan fingerprint density at radius 3 is 2.60 bits per heavy atom. The summed E-state index contributed by atoms with van der Waals surface area (Å²) in [6, 6.07) is 14.8. The summed E-state index contributed by atoms with van der Waals surface area (Å²) in [7, 11) is 0. The van der Waals surface area contributed by atoms with Gasteiger partial charge in [-0.3, -0.25) is 0 Å². The highest BCUT2D eigenvalue weighted by Gasteiger charge is 2.32. The molecule has 0 amide bonds. The van der Waals surface area contributed by atoms with Gasteiger partial charge in [0.1, 0.15) is 5.60 Å². The lowest BCUT2D eigenvalue weighted by Crippen LogP contribution is -2.24. The number of hydrogen-bond donors (Lipinski definition) is 1. The van der Waals surface area contributed by atoms with Crippen molar-refractivity contribution in [3.8, 4) is 11.1 Å². The second-order valence-corrected chi connectivity index (χ2v) is 5.58. The molecule has 20 heavy (non-hydrogen) atoms. The Hall–Kier alpha value is -2.12. The largest absolute Gasteiger partial charge is 0.381 e. The first-order chi connectivity index (χ1) is 9.78. The average Bonchev–Trinajstić information content (AvgIpc) is 2.86. The molecule has 0 radical (unpaired) electrons.